The number of aromatic amines is 2. The van der Waals surface area contributed by atoms with E-state index in [-0.39, 0.29) is 5.88 Å². The Morgan fingerprint density at radius 1 is 1.45 bits per heavy atom. The van der Waals surface area contributed by atoms with E-state index in [9.17, 15) is 0 Å². The Morgan fingerprint density at radius 3 is 2.91 bits per heavy atom. The normalized spacial score (nSPS) is 10.2. The number of hydrogen-bond donors (Lipinski definition) is 3. The summed E-state index contributed by atoms with van der Waals surface area (Å²) in [5.41, 5.74) is 1.37. The number of aromatic hydroxyl groups is 1. The molecule has 2 heterocycles. The van der Waals surface area contributed by atoms with Crippen LogP contribution in [0.15, 0.2) is 18.5 Å². The van der Waals surface area contributed by atoms with Crippen molar-refractivity contribution >= 4 is 0 Å². The molecule has 0 atom stereocenters. The molecule has 3 N–H and O–H groups in total. The molecule has 2 aromatic rings. The van der Waals surface area contributed by atoms with Gasteiger partial charge in [0.1, 0.15) is 0 Å². The van der Waals surface area contributed by atoms with Crippen LogP contribution in [-0.2, 0) is 0 Å². The first-order valence-corrected chi connectivity index (χ1v) is 3.10. The van der Waals surface area contributed by atoms with Gasteiger partial charge in [0.05, 0.1) is 11.3 Å². The Morgan fingerprint density at radius 2 is 2.36 bits per heavy atom. The van der Waals surface area contributed by atoms with Crippen LogP contribution in [0.5, 0.6) is 5.88 Å². The topological polar surface area (TPSA) is 77.6 Å². The van der Waals surface area contributed by atoms with Crippen LogP contribution in [0.4, 0.5) is 0 Å². The molecule has 56 valence electrons. The van der Waals surface area contributed by atoms with E-state index in [1.807, 2.05) is 0 Å². The largest absolute Gasteiger partial charge is 0.492 e. The van der Waals surface area contributed by atoms with Crippen LogP contribution in [0.3, 0.4) is 0 Å². The third kappa shape index (κ3) is 0.861. The second-order valence-corrected chi connectivity index (χ2v) is 2.09. The second-order valence-electron chi connectivity index (χ2n) is 2.09. The highest BCUT2D eigenvalue weighted by Crippen LogP contribution is 2.23. The van der Waals surface area contributed by atoms with E-state index in [1.165, 1.54) is 0 Å². The maximum atomic E-state index is 9.13. The van der Waals surface area contributed by atoms with Crippen molar-refractivity contribution in [2.24, 2.45) is 0 Å². The number of H-pyrrole nitrogens is 2. The molecule has 0 unspecified atom stereocenters. The third-order valence-corrected chi connectivity index (χ3v) is 1.41. The zero-order valence-corrected chi connectivity index (χ0v) is 5.57. The van der Waals surface area contributed by atoms with E-state index in [2.05, 4.69) is 20.4 Å². The van der Waals surface area contributed by atoms with Crippen molar-refractivity contribution in [2.75, 3.05) is 0 Å². The third-order valence-electron chi connectivity index (χ3n) is 1.41. The number of nitrogens with one attached hydrogen (secondary N) is 2. The minimum Gasteiger partial charge on any atom is -0.492 e. The van der Waals surface area contributed by atoms with Crippen molar-refractivity contribution in [2.45, 2.75) is 0 Å². The molecule has 0 spiro atoms. The highest BCUT2D eigenvalue weighted by atomic mass is 16.3. The van der Waals surface area contributed by atoms with Gasteiger partial charge in [0.2, 0.25) is 5.88 Å². The van der Waals surface area contributed by atoms with E-state index in [0.29, 0.717) is 5.56 Å². The standard InChI is InChI=1S/C6H6N4O/c11-6-4(3-8-10-6)5-1-2-7-9-5/h1-3H,(H,7,9)(H2,8,10,11). The van der Waals surface area contributed by atoms with Gasteiger partial charge in [0, 0.05) is 12.4 Å². The van der Waals surface area contributed by atoms with Crippen LogP contribution in [0.2, 0.25) is 0 Å². The van der Waals surface area contributed by atoms with Crippen molar-refractivity contribution in [3.05, 3.63) is 18.5 Å². The number of hydrogen-bond acceptors (Lipinski definition) is 3. The SMILES string of the molecule is Oc1n[nH]cc1-c1ccn[nH]1. The summed E-state index contributed by atoms with van der Waals surface area (Å²) >= 11 is 0. The summed E-state index contributed by atoms with van der Waals surface area (Å²) in [7, 11) is 0. The van der Waals surface area contributed by atoms with Crippen LogP contribution < -0.4 is 0 Å². The Kier molecular flexibility index (Phi) is 1.15. The first kappa shape index (κ1) is 5.96. The number of aromatic nitrogens is 4. The van der Waals surface area contributed by atoms with E-state index < -0.39 is 0 Å². The van der Waals surface area contributed by atoms with Gasteiger partial charge in [-0.15, -0.1) is 5.10 Å². The second kappa shape index (κ2) is 2.12. The predicted molar refractivity (Wildman–Crippen MR) is 37.8 cm³/mol. The molecule has 0 aliphatic rings. The van der Waals surface area contributed by atoms with Gasteiger partial charge in [-0.3, -0.25) is 10.2 Å². The van der Waals surface area contributed by atoms with Crippen LogP contribution in [0.1, 0.15) is 0 Å². The monoisotopic (exact) mass is 150 g/mol. The summed E-state index contributed by atoms with van der Waals surface area (Å²) < 4.78 is 0. The first-order valence-electron chi connectivity index (χ1n) is 3.10. The average molecular weight is 150 g/mol. The zero-order valence-electron chi connectivity index (χ0n) is 5.57. The molecule has 0 aromatic carbocycles. The summed E-state index contributed by atoms with van der Waals surface area (Å²) in [6.07, 6.45) is 3.21. The minimum atomic E-state index is -0.0192. The maximum absolute atomic E-state index is 9.13. The smallest absolute Gasteiger partial charge is 0.239 e. The fourth-order valence-electron chi connectivity index (χ4n) is 0.887. The lowest BCUT2D eigenvalue weighted by Gasteiger charge is -1.88. The van der Waals surface area contributed by atoms with Crippen LogP contribution in [0.25, 0.3) is 11.3 Å². The van der Waals surface area contributed by atoms with Gasteiger partial charge in [0.15, 0.2) is 0 Å². The summed E-state index contributed by atoms with van der Waals surface area (Å²) in [5, 5.41) is 21.7. The first-order chi connectivity index (χ1) is 5.38. The van der Waals surface area contributed by atoms with Gasteiger partial charge < -0.3 is 5.11 Å². The molecule has 5 nitrogen and oxygen atoms in total. The quantitative estimate of drug-likeness (QED) is 0.554. The fraction of sp³-hybridized carbons (Fsp3) is 0. The van der Waals surface area contributed by atoms with Crippen LogP contribution in [0, 0.1) is 0 Å². The van der Waals surface area contributed by atoms with Crippen molar-refractivity contribution in [3.8, 4) is 17.1 Å². The molecular weight excluding hydrogens is 144 g/mol. The number of nitrogens with zero attached hydrogens (tertiary/aromatic N) is 2. The van der Waals surface area contributed by atoms with Gasteiger partial charge in [0.25, 0.3) is 0 Å². The predicted octanol–water partition coefficient (Wildman–Crippen LogP) is 0.505. The van der Waals surface area contributed by atoms with Gasteiger partial charge in [-0.05, 0) is 6.07 Å². The molecule has 0 fully saturated rings. The Balaban J connectivity index is 2.53. The lowest BCUT2D eigenvalue weighted by Crippen LogP contribution is -1.74. The Labute approximate surface area is 62.1 Å². The molecule has 2 rings (SSSR count). The van der Waals surface area contributed by atoms with E-state index >= 15 is 0 Å². The van der Waals surface area contributed by atoms with Gasteiger partial charge in [-0.2, -0.15) is 5.10 Å². The molecule has 0 saturated heterocycles. The molecule has 0 saturated carbocycles. The molecule has 0 bridgehead atoms. The van der Waals surface area contributed by atoms with E-state index in [1.54, 1.807) is 18.5 Å². The zero-order chi connectivity index (χ0) is 7.68. The van der Waals surface area contributed by atoms with Gasteiger partial charge >= 0.3 is 0 Å². The van der Waals surface area contributed by atoms with Crippen molar-refractivity contribution < 1.29 is 5.11 Å². The summed E-state index contributed by atoms with van der Waals surface area (Å²) in [6.45, 7) is 0. The minimum absolute atomic E-state index is 0.0192. The van der Waals surface area contributed by atoms with Gasteiger partial charge in [-0.1, -0.05) is 0 Å². The van der Waals surface area contributed by atoms with Gasteiger partial charge in [-0.25, -0.2) is 0 Å². The summed E-state index contributed by atoms with van der Waals surface area (Å²) in [5.74, 6) is -0.0192. The van der Waals surface area contributed by atoms with E-state index in [0.717, 1.165) is 5.69 Å². The lowest BCUT2D eigenvalue weighted by atomic mass is 10.2. The van der Waals surface area contributed by atoms with Crippen LogP contribution in [-0.4, -0.2) is 25.5 Å². The summed E-state index contributed by atoms with van der Waals surface area (Å²) in [4.78, 5) is 0. The average Bonchev–Trinajstić information content (AvgIpc) is 2.55. The molecule has 0 aliphatic carbocycles. The molecule has 2 aromatic heterocycles. The Bertz CT molecular complexity index is 337. The fourth-order valence-corrected chi connectivity index (χ4v) is 0.887. The van der Waals surface area contributed by atoms with E-state index in [4.69, 9.17) is 5.11 Å². The van der Waals surface area contributed by atoms with Crippen molar-refractivity contribution in [1.29, 1.82) is 0 Å². The highest BCUT2D eigenvalue weighted by molar-refractivity contribution is 5.62. The molecular formula is C6H6N4O. The molecule has 0 amide bonds. The molecule has 11 heavy (non-hydrogen) atoms. The lowest BCUT2D eigenvalue weighted by molar-refractivity contribution is 0.453. The van der Waals surface area contributed by atoms with Crippen molar-refractivity contribution in [3.63, 3.8) is 0 Å². The van der Waals surface area contributed by atoms with Crippen molar-refractivity contribution in [1.82, 2.24) is 20.4 Å². The maximum Gasteiger partial charge on any atom is 0.239 e. The molecule has 5 heteroatoms. The number of rotatable bonds is 1. The summed E-state index contributed by atoms with van der Waals surface area (Å²) in [6, 6.07) is 1.75. The Hall–Kier alpha value is -1.78. The highest BCUT2D eigenvalue weighted by Gasteiger charge is 2.06. The molecule has 0 aliphatic heterocycles. The molecule has 0 radical (unpaired) electrons. The van der Waals surface area contributed by atoms with Crippen LogP contribution >= 0.6 is 0 Å².